The number of carbonyl (C=O) groups is 4. The van der Waals surface area contributed by atoms with Crippen molar-refractivity contribution in [1.82, 2.24) is 20.9 Å². The second kappa shape index (κ2) is 19.0. The number of nitrogens with zero attached hydrogens (tertiary/aromatic N) is 1. The van der Waals surface area contributed by atoms with Crippen LogP contribution in [0.2, 0.25) is 5.02 Å². The van der Waals surface area contributed by atoms with Crippen molar-refractivity contribution in [2.24, 2.45) is 5.92 Å². The van der Waals surface area contributed by atoms with Crippen LogP contribution in [0, 0.1) is 11.7 Å². The van der Waals surface area contributed by atoms with Gasteiger partial charge in [-0.05, 0) is 74.2 Å². The van der Waals surface area contributed by atoms with Gasteiger partial charge in [0.25, 0.3) is 5.91 Å². The van der Waals surface area contributed by atoms with Gasteiger partial charge in [-0.3, -0.25) is 19.2 Å². The minimum absolute atomic E-state index is 0.0838. The molecule has 51 heavy (non-hydrogen) atoms. The molecule has 0 radical (unpaired) electrons. The summed E-state index contributed by atoms with van der Waals surface area (Å²) in [6, 6.07) is 14.5. The Balaban J connectivity index is 1.53. The summed E-state index contributed by atoms with van der Waals surface area (Å²) in [5.74, 6) is -2.05. The lowest BCUT2D eigenvalue weighted by Crippen LogP contribution is -2.54. The molecule has 4 rings (SSSR count). The molecule has 0 aromatic heterocycles. The van der Waals surface area contributed by atoms with E-state index in [0.29, 0.717) is 23.7 Å². The Bertz CT molecular complexity index is 1660. The van der Waals surface area contributed by atoms with Gasteiger partial charge in [-0.2, -0.15) is 0 Å². The molecule has 13 heteroatoms. The van der Waals surface area contributed by atoms with Crippen molar-refractivity contribution < 1.29 is 37.8 Å². The summed E-state index contributed by atoms with van der Waals surface area (Å²) in [4.78, 5) is 56.2. The zero-order chi connectivity index (χ0) is 36.9. The highest BCUT2D eigenvalue weighted by Gasteiger charge is 2.31. The summed E-state index contributed by atoms with van der Waals surface area (Å²) in [6.07, 6.45) is 1.57. The normalized spacial score (nSPS) is 17.7. The third kappa shape index (κ3) is 11.6. The molecule has 3 aromatic rings. The van der Waals surface area contributed by atoms with E-state index < -0.39 is 48.1 Å². The maximum Gasteiger partial charge on any atom is 0.255 e. The predicted molar refractivity (Wildman–Crippen MR) is 192 cm³/mol. The van der Waals surface area contributed by atoms with Gasteiger partial charge in [0.15, 0.2) is 17.3 Å². The van der Waals surface area contributed by atoms with Gasteiger partial charge in [0, 0.05) is 11.6 Å². The maximum atomic E-state index is 14.9. The third-order valence-corrected chi connectivity index (χ3v) is 8.29. The van der Waals surface area contributed by atoms with Crippen LogP contribution in [0.1, 0.15) is 63.7 Å². The van der Waals surface area contributed by atoms with Gasteiger partial charge in [-0.15, -0.1) is 0 Å². The van der Waals surface area contributed by atoms with E-state index in [1.807, 2.05) is 20.8 Å². The van der Waals surface area contributed by atoms with E-state index in [0.717, 1.165) is 12.8 Å². The Morgan fingerprint density at radius 3 is 2.51 bits per heavy atom. The molecule has 1 aliphatic rings. The number of carbonyl (C=O) groups excluding carboxylic acids is 4. The van der Waals surface area contributed by atoms with Crippen molar-refractivity contribution in [1.29, 1.82) is 0 Å². The highest BCUT2D eigenvalue weighted by Crippen LogP contribution is 2.34. The fourth-order valence-electron chi connectivity index (χ4n) is 5.46. The Kier molecular flexibility index (Phi) is 14.5. The third-order valence-electron chi connectivity index (χ3n) is 8.03. The Morgan fingerprint density at radius 1 is 1.04 bits per heavy atom. The first kappa shape index (κ1) is 39.0. The van der Waals surface area contributed by atoms with Crippen LogP contribution in [0.4, 0.5) is 4.39 Å². The van der Waals surface area contributed by atoms with Crippen LogP contribution in [-0.4, -0.2) is 73.0 Å². The minimum atomic E-state index is -1.33. The average Bonchev–Trinajstić information content (AvgIpc) is 3.09. The summed E-state index contributed by atoms with van der Waals surface area (Å²) in [5, 5.41) is 8.76. The summed E-state index contributed by atoms with van der Waals surface area (Å²) in [6.45, 7) is 8.27. The number of nitrogens with one attached hydrogen (secondary N) is 3. The number of rotatable bonds is 12. The van der Waals surface area contributed by atoms with E-state index in [-0.39, 0.29) is 54.4 Å². The SMILES string of the molecule is CCCCN1CCOc2ccccc2C(=O)N[C@H](C(=O)N[C@H](C)COc2c(F)cccc2Oc2ccc(Cl)cc2)CC(=O)N[C@@H](CC(C)C)C1=O. The topological polar surface area (TPSA) is 135 Å². The number of fused-ring (bicyclic) bond motifs is 1. The van der Waals surface area contributed by atoms with Crippen molar-refractivity contribution in [3.63, 3.8) is 0 Å². The highest BCUT2D eigenvalue weighted by molar-refractivity contribution is 6.30. The molecule has 0 unspecified atom stereocenters. The van der Waals surface area contributed by atoms with Crippen molar-refractivity contribution >= 4 is 35.2 Å². The van der Waals surface area contributed by atoms with Gasteiger partial charge in [-0.1, -0.05) is 57.0 Å². The van der Waals surface area contributed by atoms with Gasteiger partial charge in [0.1, 0.15) is 36.8 Å². The fourth-order valence-corrected chi connectivity index (χ4v) is 5.58. The first-order chi connectivity index (χ1) is 24.4. The van der Waals surface area contributed by atoms with Gasteiger partial charge < -0.3 is 35.1 Å². The molecule has 4 amide bonds. The number of unbranched alkanes of at least 4 members (excludes halogenated alkanes) is 1. The highest BCUT2D eigenvalue weighted by atomic mass is 35.5. The number of amides is 4. The standard InChI is InChI=1S/C38H46ClFN4O7/c1-5-6-18-44-19-20-49-32-12-8-7-10-28(32)36(46)43-30(22-34(45)42-31(38(44)48)21-24(2)3)37(47)41-25(4)23-50-35-29(40)11-9-13-33(35)51-27-16-14-26(39)15-17-27/h7-17,24-25,30-31H,5-6,18-23H2,1-4H3,(H,41,47)(H,42,45)(H,43,46)/t25-,30+,31+/m1/s1. The van der Waals surface area contributed by atoms with Crippen molar-refractivity contribution in [2.45, 2.75) is 71.5 Å². The minimum Gasteiger partial charge on any atom is -0.491 e. The lowest BCUT2D eigenvalue weighted by molar-refractivity contribution is -0.137. The van der Waals surface area contributed by atoms with E-state index in [4.69, 9.17) is 25.8 Å². The largest absolute Gasteiger partial charge is 0.491 e. The zero-order valence-corrected chi connectivity index (χ0v) is 30.1. The summed E-state index contributed by atoms with van der Waals surface area (Å²) in [5.41, 5.74) is 0.168. The second-order valence-corrected chi connectivity index (χ2v) is 13.3. The maximum absolute atomic E-state index is 14.9. The quantitative estimate of drug-likeness (QED) is 0.212. The Morgan fingerprint density at radius 2 is 1.78 bits per heavy atom. The first-order valence-corrected chi connectivity index (χ1v) is 17.6. The molecule has 0 saturated heterocycles. The molecule has 0 saturated carbocycles. The molecule has 274 valence electrons. The summed E-state index contributed by atoms with van der Waals surface area (Å²) in [7, 11) is 0. The molecule has 0 fully saturated rings. The molecule has 3 atom stereocenters. The molecule has 0 spiro atoms. The summed E-state index contributed by atoms with van der Waals surface area (Å²) < 4.78 is 32.5. The fraction of sp³-hybridized carbons (Fsp3) is 0.421. The van der Waals surface area contributed by atoms with Crippen molar-refractivity contribution in [2.75, 3.05) is 26.3 Å². The molecule has 0 bridgehead atoms. The van der Waals surface area contributed by atoms with Crippen LogP contribution >= 0.6 is 11.6 Å². The van der Waals surface area contributed by atoms with E-state index in [1.54, 1.807) is 66.4 Å². The number of benzene rings is 3. The molecule has 0 aliphatic carbocycles. The number of hydrogen-bond donors (Lipinski definition) is 3. The van der Waals surface area contributed by atoms with Crippen molar-refractivity contribution in [3.05, 3.63) is 83.1 Å². The second-order valence-electron chi connectivity index (χ2n) is 12.8. The number of halogens is 2. The molecule has 1 heterocycles. The Hall–Kier alpha value is -4.84. The van der Waals surface area contributed by atoms with Crippen LogP contribution in [0.25, 0.3) is 0 Å². The molecule has 11 nitrogen and oxygen atoms in total. The van der Waals surface area contributed by atoms with Gasteiger partial charge in [0.2, 0.25) is 17.7 Å². The van der Waals surface area contributed by atoms with E-state index in [1.165, 1.54) is 12.1 Å². The van der Waals surface area contributed by atoms with Crippen molar-refractivity contribution in [3.8, 4) is 23.0 Å². The van der Waals surface area contributed by atoms with Crippen LogP contribution < -0.4 is 30.2 Å². The van der Waals surface area contributed by atoms with Gasteiger partial charge in [-0.25, -0.2) is 4.39 Å². The zero-order valence-electron chi connectivity index (χ0n) is 29.4. The van der Waals surface area contributed by atoms with E-state index in [2.05, 4.69) is 16.0 Å². The van der Waals surface area contributed by atoms with E-state index >= 15 is 0 Å². The molecular formula is C38H46ClFN4O7. The Labute approximate surface area is 303 Å². The predicted octanol–water partition coefficient (Wildman–Crippen LogP) is 5.90. The molecular weight excluding hydrogens is 679 g/mol. The lowest BCUT2D eigenvalue weighted by atomic mass is 10.0. The monoisotopic (exact) mass is 724 g/mol. The van der Waals surface area contributed by atoms with E-state index in [9.17, 15) is 23.6 Å². The average molecular weight is 725 g/mol. The van der Waals surface area contributed by atoms with Crippen LogP contribution in [0.3, 0.4) is 0 Å². The first-order valence-electron chi connectivity index (χ1n) is 17.2. The number of para-hydroxylation sites is 2. The number of hydrogen-bond acceptors (Lipinski definition) is 7. The smallest absolute Gasteiger partial charge is 0.255 e. The number of ether oxygens (including phenoxy) is 3. The molecule has 3 N–H and O–H groups in total. The molecule has 1 aliphatic heterocycles. The lowest BCUT2D eigenvalue weighted by Gasteiger charge is -2.30. The van der Waals surface area contributed by atoms with Crippen LogP contribution in [0.5, 0.6) is 23.0 Å². The van der Waals surface area contributed by atoms with Gasteiger partial charge >= 0.3 is 0 Å². The van der Waals surface area contributed by atoms with Crippen LogP contribution in [0.15, 0.2) is 66.7 Å². The summed E-state index contributed by atoms with van der Waals surface area (Å²) >= 11 is 5.96. The molecule has 3 aromatic carbocycles. The van der Waals surface area contributed by atoms with Crippen LogP contribution in [-0.2, 0) is 14.4 Å². The van der Waals surface area contributed by atoms with Gasteiger partial charge in [0.05, 0.1) is 24.6 Å².